The number of piperidine rings is 1. The van der Waals surface area contributed by atoms with E-state index in [0.717, 1.165) is 44.2 Å². The van der Waals surface area contributed by atoms with Gasteiger partial charge in [0.25, 0.3) is 0 Å². The second-order valence-corrected chi connectivity index (χ2v) is 7.41. The smallest absolute Gasteiger partial charge is 0.108 e. The maximum Gasteiger partial charge on any atom is 0.108 e. The van der Waals surface area contributed by atoms with Gasteiger partial charge in [0.15, 0.2) is 0 Å². The number of likely N-dealkylation sites (tertiary alicyclic amines) is 1. The summed E-state index contributed by atoms with van der Waals surface area (Å²) >= 11 is 1.78. The fraction of sp³-hybridized carbons (Fsp3) is 0.588. The number of aliphatic hydroxyl groups is 1. The van der Waals surface area contributed by atoms with Gasteiger partial charge in [-0.25, -0.2) is 4.98 Å². The number of thiazole rings is 1. The second-order valence-electron chi connectivity index (χ2n) is 6.30. The number of aromatic nitrogens is 1. The summed E-state index contributed by atoms with van der Waals surface area (Å²) in [6.45, 7) is 6.83. The maximum atomic E-state index is 9.44. The normalized spacial score (nSPS) is 18.8. The average molecular weight is 319 g/mol. The van der Waals surface area contributed by atoms with Crippen LogP contribution in [0.2, 0.25) is 0 Å². The van der Waals surface area contributed by atoms with Crippen molar-refractivity contribution < 1.29 is 5.11 Å². The Kier molecular flexibility index (Phi) is 5.41. The maximum absolute atomic E-state index is 9.44. The quantitative estimate of drug-likeness (QED) is 0.859. The number of nitrogens with zero attached hydrogens (tertiary/aromatic N) is 2. The highest BCUT2D eigenvalue weighted by Crippen LogP contribution is 2.21. The summed E-state index contributed by atoms with van der Waals surface area (Å²) in [5.41, 5.74) is 1.11. The minimum atomic E-state index is -0.214. The Morgan fingerprint density at radius 2 is 2.14 bits per heavy atom. The summed E-state index contributed by atoms with van der Waals surface area (Å²) < 4.78 is 1.27. The molecule has 0 radical (unpaired) electrons. The molecule has 0 spiro atoms. The molecule has 0 bridgehead atoms. The lowest BCUT2D eigenvalue weighted by Crippen LogP contribution is -2.40. The van der Waals surface area contributed by atoms with Crippen molar-refractivity contribution in [3.8, 4) is 0 Å². The monoisotopic (exact) mass is 319 g/mol. The van der Waals surface area contributed by atoms with E-state index in [9.17, 15) is 5.11 Å². The van der Waals surface area contributed by atoms with Crippen LogP contribution in [0.4, 0.5) is 0 Å². The van der Waals surface area contributed by atoms with Gasteiger partial charge in [-0.3, -0.25) is 0 Å². The zero-order valence-corrected chi connectivity index (χ0v) is 14.0. The van der Waals surface area contributed by atoms with E-state index in [2.05, 4.69) is 33.4 Å². The molecule has 0 aliphatic carbocycles. The zero-order valence-electron chi connectivity index (χ0n) is 13.2. The van der Waals surface area contributed by atoms with Crippen molar-refractivity contribution in [1.82, 2.24) is 15.2 Å². The van der Waals surface area contributed by atoms with Crippen LogP contribution in [-0.4, -0.2) is 47.3 Å². The minimum Gasteiger partial charge on any atom is -0.392 e. The summed E-state index contributed by atoms with van der Waals surface area (Å²) in [7, 11) is 0. The van der Waals surface area contributed by atoms with Crippen LogP contribution in [0.25, 0.3) is 10.2 Å². The van der Waals surface area contributed by atoms with Crippen molar-refractivity contribution >= 4 is 21.6 Å². The number of fused-ring (bicyclic) bond motifs is 1. The van der Waals surface area contributed by atoms with Gasteiger partial charge in [0.2, 0.25) is 0 Å². The van der Waals surface area contributed by atoms with Gasteiger partial charge in [0.05, 0.1) is 16.3 Å². The van der Waals surface area contributed by atoms with Crippen LogP contribution in [0, 0.1) is 5.92 Å². The molecular formula is C17H25N3OS. The first-order valence-electron chi connectivity index (χ1n) is 8.16. The highest BCUT2D eigenvalue weighted by Gasteiger charge is 2.19. The molecule has 1 aromatic heterocycles. The molecule has 0 saturated carbocycles. The molecule has 4 nitrogen and oxygen atoms in total. The molecule has 120 valence electrons. The van der Waals surface area contributed by atoms with Gasteiger partial charge in [-0.15, -0.1) is 11.3 Å². The van der Waals surface area contributed by atoms with Crippen LogP contribution in [0.5, 0.6) is 0 Å². The van der Waals surface area contributed by atoms with Crippen molar-refractivity contribution in [1.29, 1.82) is 0 Å². The van der Waals surface area contributed by atoms with Gasteiger partial charge in [-0.05, 0) is 57.5 Å². The molecular weight excluding hydrogens is 294 g/mol. The van der Waals surface area contributed by atoms with Crippen molar-refractivity contribution in [3.63, 3.8) is 0 Å². The van der Waals surface area contributed by atoms with Gasteiger partial charge in [0.1, 0.15) is 5.01 Å². The number of hydrogen-bond acceptors (Lipinski definition) is 5. The van der Waals surface area contributed by atoms with Crippen molar-refractivity contribution in [2.45, 2.75) is 32.4 Å². The van der Waals surface area contributed by atoms with Crippen LogP contribution in [0.15, 0.2) is 24.3 Å². The fourth-order valence-corrected chi connectivity index (χ4v) is 4.06. The van der Waals surface area contributed by atoms with Crippen molar-refractivity contribution in [2.75, 3.05) is 26.2 Å². The minimum absolute atomic E-state index is 0.214. The van der Waals surface area contributed by atoms with E-state index >= 15 is 0 Å². The van der Waals surface area contributed by atoms with E-state index in [-0.39, 0.29) is 6.10 Å². The Bertz CT molecular complexity index is 557. The lowest BCUT2D eigenvalue weighted by Gasteiger charge is -2.32. The largest absolute Gasteiger partial charge is 0.392 e. The molecule has 1 aliphatic rings. The summed E-state index contributed by atoms with van der Waals surface area (Å²) in [5, 5.41) is 14.2. The summed E-state index contributed by atoms with van der Waals surface area (Å²) in [6, 6.07) is 8.32. The van der Waals surface area contributed by atoms with Crippen LogP contribution in [-0.2, 0) is 6.54 Å². The number of β-amino-alcohol motifs (C(OH)–C–C–N with tert-alkyl or cyclic N) is 1. The molecule has 5 heteroatoms. The van der Waals surface area contributed by atoms with E-state index in [1.807, 2.05) is 13.0 Å². The third-order valence-electron chi connectivity index (χ3n) is 4.28. The zero-order chi connectivity index (χ0) is 15.4. The number of aliphatic hydroxyl groups excluding tert-OH is 1. The highest BCUT2D eigenvalue weighted by atomic mass is 32.1. The molecule has 1 aromatic carbocycles. The lowest BCUT2D eigenvalue weighted by molar-refractivity contribution is 0.0998. The standard InChI is InChI=1S/C17H25N3OS/c1-13(21)12-20-8-6-14(7-9-20)10-18-11-17-19-15-4-2-3-5-16(15)22-17/h2-5,13-14,18,21H,6-12H2,1H3/t13-/m0/s1. The highest BCUT2D eigenvalue weighted by molar-refractivity contribution is 7.18. The number of hydrogen-bond donors (Lipinski definition) is 2. The first-order chi connectivity index (χ1) is 10.7. The third-order valence-corrected chi connectivity index (χ3v) is 5.31. The SMILES string of the molecule is C[C@H](O)CN1CCC(CNCc2nc3ccccc3s2)CC1. The Hall–Kier alpha value is -1.01. The molecule has 3 rings (SSSR count). The number of benzene rings is 1. The van der Waals surface area contributed by atoms with E-state index in [1.54, 1.807) is 11.3 Å². The van der Waals surface area contributed by atoms with Gasteiger partial charge < -0.3 is 15.3 Å². The molecule has 2 aromatic rings. The molecule has 0 unspecified atom stereocenters. The van der Waals surface area contributed by atoms with Gasteiger partial charge in [-0.1, -0.05) is 12.1 Å². The average Bonchev–Trinajstić information content (AvgIpc) is 2.91. The predicted octanol–water partition coefficient (Wildman–Crippen LogP) is 2.48. The van der Waals surface area contributed by atoms with Crippen LogP contribution in [0.3, 0.4) is 0 Å². The first-order valence-corrected chi connectivity index (χ1v) is 8.98. The van der Waals surface area contributed by atoms with Crippen molar-refractivity contribution in [3.05, 3.63) is 29.3 Å². The molecule has 2 N–H and O–H groups in total. The fourth-order valence-electron chi connectivity index (χ4n) is 3.13. The summed E-state index contributed by atoms with van der Waals surface area (Å²) in [5.74, 6) is 0.750. The van der Waals surface area contributed by atoms with Crippen LogP contribution in [0.1, 0.15) is 24.8 Å². The van der Waals surface area contributed by atoms with E-state index in [0.29, 0.717) is 0 Å². The van der Waals surface area contributed by atoms with Crippen LogP contribution >= 0.6 is 11.3 Å². The van der Waals surface area contributed by atoms with Gasteiger partial charge in [-0.2, -0.15) is 0 Å². The Labute approximate surface area is 136 Å². The topological polar surface area (TPSA) is 48.4 Å². The molecule has 1 atom stereocenters. The molecule has 1 saturated heterocycles. The Morgan fingerprint density at radius 3 is 2.86 bits per heavy atom. The van der Waals surface area contributed by atoms with Gasteiger partial charge >= 0.3 is 0 Å². The van der Waals surface area contributed by atoms with Crippen molar-refractivity contribution in [2.24, 2.45) is 5.92 Å². The molecule has 1 aliphatic heterocycles. The number of para-hydroxylation sites is 1. The number of nitrogens with one attached hydrogen (secondary N) is 1. The molecule has 2 heterocycles. The molecule has 1 fully saturated rings. The van der Waals surface area contributed by atoms with E-state index in [1.165, 1.54) is 22.5 Å². The van der Waals surface area contributed by atoms with E-state index in [4.69, 9.17) is 0 Å². The second kappa shape index (κ2) is 7.51. The lowest BCUT2D eigenvalue weighted by atomic mass is 9.96. The first kappa shape index (κ1) is 15.9. The Balaban J connectivity index is 1.40. The van der Waals surface area contributed by atoms with Crippen LogP contribution < -0.4 is 5.32 Å². The summed E-state index contributed by atoms with van der Waals surface area (Å²) in [6.07, 6.45) is 2.23. The molecule has 0 amide bonds. The summed E-state index contributed by atoms with van der Waals surface area (Å²) in [4.78, 5) is 7.03. The Morgan fingerprint density at radius 1 is 1.36 bits per heavy atom. The third kappa shape index (κ3) is 4.26. The number of rotatable bonds is 6. The van der Waals surface area contributed by atoms with E-state index < -0.39 is 0 Å². The van der Waals surface area contributed by atoms with Gasteiger partial charge in [0, 0.05) is 13.1 Å². The predicted molar refractivity (Wildman–Crippen MR) is 92.2 cm³/mol. The molecule has 22 heavy (non-hydrogen) atoms.